The van der Waals surface area contributed by atoms with E-state index in [0.29, 0.717) is 19.5 Å². The summed E-state index contributed by atoms with van der Waals surface area (Å²) in [5.41, 5.74) is 0.939. The van der Waals surface area contributed by atoms with Gasteiger partial charge in [-0.2, -0.15) is 0 Å². The minimum absolute atomic E-state index is 0.00931. The predicted molar refractivity (Wildman–Crippen MR) is 90.4 cm³/mol. The molecule has 0 aliphatic heterocycles. The zero-order valence-electron chi connectivity index (χ0n) is 13.0. The van der Waals surface area contributed by atoms with Crippen molar-refractivity contribution in [2.75, 3.05) is 31.6 Å². The average molecular weight is 357 g/mol. The maximum absolute atomic E-state index is 12.0. The molecular weight excluding hydrogens is 332 g/mol. The number of nitrogens with zero attached hydrogens (tertiary/aromatic N) is 1. The molecule has 0 heterocycles. The summed E-state index contributed by atoms with van der Waals surface area (Å²) >= 11 is 3.38. The molecule has 118 valence electrons. The molecule has 1 aromatic carbocycles. The van der Waals surface area contributed by atoms with E-state index in [9.17, 15) is 4.79 Å². The van der Waals surface area contributed by atoms with Crippen molar-refractivity contribution in [2.24, 2.45) is 5.41 Å². The fourth-order valence-corrected chi connectivity index (χ4v) is 2.53. The van der Waals surface area contributed by atoms with E-state index in [-0.39, 0.29) is 17.9 Å². The number of aliphatic hydroxyl groups excluding tert-OH is 1. The predicted octanol–water partition coefficient (Wildman–Crippen LogP) is 3.12. The van der Waals surface area contributed by atoms with Gasteiger partial charge in [-0.3, -0.25) is 4.79 Å². The lowest BCUT2D eigenvalue weighted by molar-refractivity contribution is -0.116. The molecule has 21 heavy (non-hydrogen) atoms. The van der Waals surface area contributed by atoms with Gasteiger partial charge in [0.25, 0.3) is 0 Å². The van der Waals surface area contributed by atoms with Crippen LogP contribution in [-0.2, 0) is 4.79 Å². The minimum Gasteiger partial charge on any atom is -0.395 e. The van der Waals surface area contributed by atoms with Crippen LogP contribution < -0.4 is 5.32 Å². The summed E-state index contributed by atoms with van der Waals surface area (Å²) in [6, 6.07) is 7.54. The Morgan fingerprint density at radius 2 is 2.05 bits per heavy atom. The van der Waals surface area contributed by atoms with Gasteiger partial charge in [0.05, 0.1) is 6.61 Å². The van der Waals surface area contributed by atoms with Crippen molar-refractivity contribution >= 4 is 27.5 Å². The highest BCUT2D eigenvalue weighted by molar-refractivity contribution is 9.10. The Morgan fingerprint density at radius 3 is 2.62 bits per heavy atom. The number of hydrogen-bond acceptors (Lipinski definition) is 3. The molecule has 2 N–H and O–H groups in total. The Hall–Kier alpha value is -0.910. The Kier molecular flexibility index (Phi) is 7.35. The summed E-state index contributed by atoms with van der Waals surface area (Å²) < 4.78 is 0.940. The van der Waals surface area contributed by atoms with Gasteiger partial charge in [0.2, 0.25) is 5.91 Å². The van der Waals surface area contributed by atoms with Crippen molar-refractivity contribution in [3.8, 4) is 0 Å². The van der Waals surface area contributed by atoms with Crippen molar-refractivity contribution in [2.45, 2.75) is 27.2 Å². The van der Waals surface area contributed by atoms with Crippen molar-refractivity contribution in [1.82, 2.24) is 4.90 Å². The first-order chi connectivity index (χ1) is 9.80. The standard InChI is InChI=1S/C16H25BrN2O2/c1-16(2,3)12-19(9-10-20)8-7-15(21)18-14-6-4-5-13(17)11-14/h4-6,11,20H,7-10,12H2,1-3H3,(H,18,21). The highest BCUT2D eigenvalue weighted by atomic mass is 79.9. The number of aliphatic hydroxyl groups is 1. The molecule has 0 saturated carbocycles. The summed E-state index contributed by atoms with van der Waals surface area (Å²) in [6.45, 7) is 8.68. The summed E-state index contributed by atoms with van der Waals surface area (Å²) in [4.78, 5) is 14.1. The Balaban J connectivity index is 2.46. The highest BCUT2D eigenvalue weighted by Gasteiger charge is 2.16. The number of carbonyl (C=O) groups excluding carboxylic acids is 1. The topological polar surface area (TPSA) is 52.6 Å². The maximum Gasteiger partial charge on any atom is 0.225 e. The molecule has 0 unspecified atom stereocenters. The van der Waals surface area contributed by atoms with Crippen LogP contribution in [-0.4, -0.2) is 42.2 Å². The van der Waals surface area contributed by atoms with Crippen molar-refractivity contribution in [3.63, 3.8) is 0 Å². The van der Waals surface area contributed by atoms with Gasteiger partial charge in [-0.1, -0.05) is 42.8 Å². The molecule has 0 bridgehead atoms. The van der Waals surface area contributed by atoms with Crippen molar-refractivity contribution in [1.29, 1.82) is 0 Å². The highest BCUT2D eigenvalue weighted by Crippen LogP contribution is 2.17. The van der Waals surface area contributed by atoms with E-state index in [1.807, 2.05) is 24.3 Å². The van der Waals surface area contributed by atoms with E-state index in [0.717, 1.165) is 16.7 Å². The van der Waals surface area contributed by atoms with E-state index in [2.05, 4.69) is 46.9 Å². The molecule has 1 amide bonds. The lowest BCUT2D eigenvalue weighted by atomic mass is 9.96. The first-order valence-corrected chi connectivity index (χ1v) is 7.98. The largest absolute Gasteiger partial charge is 0.395 e. The van der Waals surface area contributed by atoms with Crippen LogP contribution in [0.1, 0.15) is 27.2 Å². The second-order valence-corrected chi connectivity index (χ2v) is 7.28. The smallest absolute Gasteiger partial charge is 0.225 e. The molecule has 0 atom stereocenters. The number of hydrogen-bond donors (Lipinski definition) is 2. The zero-order valence-corrected chi connectivity index (χ0v) is 14.6. The normalized spacial score (nSPS) is 11.7. The Bertz CT molecular complexity index is 458. The first kappa shape index (κ1) is 18.1. The van der Waals surface area contributed by atoms with Gasteiger partial charge < -0.3 is 15.3 Å². The van der Waals surface area contributed by atoms with Crippen LogP contribution in [0.25, 0.3) is 0 Å². The van der Waals surface area contributed by atoms with Gasteiger partial charge in [-0.05, 0) is 23.6 Å². The van der Waals surface area contributed by atoms with Gasteiger partial charge in [0.15, 0.2) is 0 Å². The van der Waals surface area contributed by atoms with E-state index < -0.39 is 0 Å². The van der Waals surface area contributed by atoms with Gasteiger partial charge in [-0.15, -0.1) is 0 Å². The van der Waals surface area contributed by atoms with Crippen LogP contribution in [0, 0.1) is 5.41 Å². The fraction of sp³-hybridized carbons (Fsp3) is 0.562. The number of benzene rings is 1. The van der Waals surface area contributed by atoms with Crippen LogP contribution in [0.4, 0.5) is 5.69 Å². The second kappa shape index (κ2) is 8.51. The molecule has 4 nitrogen and oxygen atoms in total. The van der Waals surface area contributed by atoms with E-state index >= 15 is 0 Å². The van der Waals surface area contributed by atoms with Crippen molar-refractivity contribution < 1.29 is 9.90 Å². The molecular formula is C16H25BrN2O2. The van der Waals surface area contributed by atoms with Gasteiger partial charge in [0, 0.05) is 36.2 Å². The monoisotopic (exact) mass is 356 g/mol. The molecule has 0 aliphatic rings. The summed E-state index contributed by atoms with van der Waals surface area (Å²) in [5, 5.41) is 12.0. The zero-order chi connectivity index (χ0) is 15.9. The SMILES string of the molecule is CC(C)(C)CN(CCO)CCC(=O)Nc1cccc(Br)c1. The van der Waals surface area contributed by atoms with Crippen LogP contribution >= 0.6 is 15.9 Å². The number of rotatable bonds is 7. The number of anilines is 1. The molecule has 0 fully saturated rings. The van der Waals surface area contributed by atoms with E-state index in [4.69, 9.17) is 5.11 Å². The molecule has 0 radical (unpaired) electrons. The summed E-state index contributed by atoms with van der Waals surface area (Å²) in [7, 11) is 0. The van der Waals surface area contributed by atoms with Gasteiger partial charge >= 0.3 is 0 Å². The number of amides is 1. The van der Waals surface area contributed by atoms with Crippen LogP contribution in [0.15, 0.2) is 28.7 Å². The van der Waals surface area contributed by atoms with Gasteiger partial charge in [-0.25, -0.2) is 0 Å². The van der Waals surface area contributed by atoms with Crippen molar-refractivity contribution in [3.05, 3.63) is 28.7 Å². The van der Waals surface area contributed by atoms with E-state index in [1.54, 1.807) is 0 Å². The molecule has 1 aromatic rings. The average Bonchev–Trinajstić information content (AvgIpc) is 2.34. The first-order valence-electron chi connectivity index (χ1n) is 7.19. The summed E-state index contributed by atoms with van der Waals surface area (Å²) in [5.74, 6) is -0.00931. The molecule has 1 rings (SSSR count). The second-order valence-electron chi connectivity index (χ2n) is 6.37. The number of carbonyl (C=O) groups is 1. The number of nitrogens with one attached hydrogen (secondary N) is 1. The third-order valence-corrected chi connectivity index (χ3v) is 3.37. The maximum atomic E-state index is 12.0. The quantitative estimate of drug-likeness (QED) is 0.788. The number of halogens is 1. The molecule has 0 spiro atoms. The minimum atomic E-state index is -0.00931. The molecule has 0 aromatic heterocycles. The fourth-order valence-electron chi connectivity index (χ4n) is 2.13. The van der Waals surface area contributed by atoms with Gasteiger partial charge in [0.1, 0.15) is 0 Å². The molecule has 5 heteroatoms. The Labute approximate surface area is 135 Å². The summed E-state index contributed by atoms with van der Waals surface area (Å²) in [6.07, 6.45) is 0.419. The lowest BCUT2D eigenvalue weighted by Gasteiger charge is -2.29. The Morgan fingerprint density at radius 1 is 1.33 bits per heavy atom. The lowest BCUT2D eigenvalue weighted by Crippen LogP contribution is -2.36. The van der Waals surface area contributed by atoms with E-state index in [1.165, 1.54) is 0 Å². The third kappa shape index (κ3) is 8.19. The molecule has 0 saturated heterocycles. The third-order valence-electron chi connectivity index (χ3n) is 2.88. The van der Waals surface area contributed by atoms with Crippen LogP contribution in [0.3, 0.4) is 0 Å². The van der Waals surface area contributed by atoms with Crippen LogP contribution in [0.2, 0.25) is 0 Å². The molecule has 0 aliphatic carbocycles. The van der Waals surface area contributed by atoms with Crippen LogP contribution in [0.5, 0.6) is 0 Å².